The van der Waals surface area contributed by atoms with E-state index in [4.69, 9.17) is 0 Å². The van der Waals surface area contributed by atoms with Crippen LogP contribution in [0.2, 0.25) is 0 Å². The molecule has 0 saturated heterocycles. The predicted octanol–water partition coefficient (Wildman–Crippen LogP) is 1.30. The summed E-state index contributed by atoms with van der Waals surface area (Å²) in [7, 11) is 0. The average Bonchev–Trinajstić information content (AvgIpc) is 0.918. The Hall–Kier alpha value is 0.169. The van der Waals surface area contributed by atoms with E-state index in [0.29, 0.717) is 0 Å². The summed E-state index contributed by atoms with van der Waals surface area (Å²) in [5.41, 5.74) is 0. The molecule has 0 nitrogen and oxygen atoms in total. The zero-order chi connectivity index (χ0) is 2.71. The maximum Gasteiger partial charge on any atom is 2.00 e. The van der Waals surface area contributed by atoms with Gasteiger partial charge in [-0.3, -0.25) is 0 Å². The molecule has 0 aliphatic rings. The van der Waals surface area contributed by atoms with Crippen molar-refractivity contribution in [1.29, 1.82) is 0 Å². The smallest absolute Gasteiger partial charge is 0.358 e. The topological polar surface area (TPSA) is 0 Å². The Morgan fingerprint density at radius 2 is 1.60 bits per heavy atom. The molecule has 0 N–H and O–H groups in total. The van der Waals surface area contributed by atoms with Gasteiger partial charge in [-0.05, 0) is 0 Å². The van der Waals surface area contributed by atoms with Crippen LogP contribution in [0.3, 0.4) is 0 Å². The van der Waals surface area contributed by atoms with Crippen LogP contribution in [0.25, 0.3) is 0 Å². The molecule has 5 heavy (non-hydrogen) atoms. The van der Waals surface area contributed by atoms with E-state index in [9.17, 15) is 0 Å². The van der Waals surface area contributed by atoms with E-state index in [1.807, 2.05) is 6.92 Å². The van der Waals surface area contributed by atoms with Crippen LogP contribution in [-0.4, -0.2) is 10.1 Å². The molecule has 0 amide bonds. The van der Waals surface area contributed by atoms with Gasteiger partial charge in [0.25, 0.3) is 0 Å². The van der Waals surface area contributed by atoms with E-state index in [2.05, 4.69) is 6.92 Å². The molecule has 0 fully saturated rings. The van der Waals surface area contributed by atoms with Crippen LogP contribution in [0.15, 0.2) is 0 Å². The molecule has 0 unspecified atom stereocenters. The van der Waals surface area contributed by atoms with Gasteiger partial charge in [-0.2, -0.15) is 6.42 Å². The van der Waals surface area contributed by atoms with Crippen molar-refractivity contribution < 1.29 is 0 Å². The number of hydrogen-bond donors (Lipinski definition) is 0. The summed E-state index contributed by atoms with van der Waals surface area (Å²) in [6.07, 6.45) is 1.00. The van der Waals surface area contributed by atoms with Crippen LogP contribution < -0.4 is 0 Å². The van der Waals surface area contributed by atoms with Gasteiger partial charge in [0.2, 0.25) is 0 Å². The van der Waals surface area contributed by atoms with Gasteiger partial charge in [0.15, 0.2) is 0 Å². The SMILES string of the molecule is [Be+2].[CH2-]CC.[CH3-]. The Labute approximate surface area is 38.8 Å². The molecule has 0 aromatic rings. The van der Waals surface area contributed by atoms with E-state index < -0.39 is 0 Å². The Morgan fingerprint density at radius 1 is 1.60 bits per heavy atom. The molecule has 0 spiro atoms. The van der Waals surface area contributed by atoms with Crippen molar-refractivity contribution in [2.24, 2.45) is 0 Å². The molecule has 0 aliphatic heterocycles. The summed E-state index contributed by atoms with van der Waals surface area (Å²) in [5, 5.41) is 0. The second-order valence-corrected chi connectivity index (χ2v) is 0.500. The molecule has 0 heterocycles. The number of hydrogen-bond acceptors (Lipinski definition) is 0. The maximum atomic E-state index is 3.49. The van der Waals surface area contributed by atoms with Crippen LogP contribution >= 0.6 is 0 Å². The summed E-state index contributed by atoms with van der Waals surface area (Å²) < 4.78 is 0. The van der Waals surface area contributed by atoms with E-state index in [0.717, 1.165) is 6.42 Å². The zero-order valence-electron chi connectivity index (χ0n) is 4.12. The van der Waals surface area contributed by atoms with Gasteiger partial charge in [0, 0.05) is 0 Å². The third-order valence-corrected chi connectivity index (χ3v) is 0. The van der Waals surface area contributed by atoms with Crippen molar-refractivity contribution in [3.8, 4) is 0 Å². The molecular formula is C4H10Be. The summed E-state index contributed by atoms with van der Waals surface area (Å²) >= 11 is 0. The normalized spacial score (nSPS) is 3.60. The first kappa shape index (κ1) is 19.1. The second-order valence-electron chi connectivity index (χ2n) is 0.500. The van der Waals surface area contributed by atoms with Gasteiger partial charge < -0.3 is 14.4 Å². The summed E-state index contributed by atoms with van der Waals surface area (Å²) in [4.78, 5) is 0. The van der Waals surface area contributed by atoms with E-state index in [1.54, 1.807) is 0 Å². The molecule has 0 bridgehead atoms. The summed E-state index contributed by atoms with van der Waals surface area (Å²) in [6, 6.07) is 0. The molecule has 28 valence electrons. The van der Waals surface area contributed by atoms with Gasteiger partial charge in [-0.15, -0.1) is 0 Å². The first-order valence-corrected chi connectivity index (χ1v) is 1.21. The van der Waals surface area contributed by atoms with Gasteiger partial charge in [0.05, 0.1) is 0 Å². The quantitative estimate of drug-likeness (QED) is 0.296. The van der Waals surface area contributed by atoms with Crippen molar-refractivity contribution in [2.75, 3.05) is 0 Å². The van der Waals surface area contributed by atoms with Crippen LogP contribution in [0.5, 0.6) is 0 Å². The van der Waals surface area contributed by atoms with Crippen molar-refractivity contribution in [3.05, 3.63) is 14.4 Å². The Kier molecular flexibility index (Phi) is 117. The Morgan fingerprint density at radius 3 is 1.60 bits per heavy atom. The van der Waals surface area contributed by atoms with Gasteiger partial charge in [-0.1, -0.05) is 6.92 Å². The molecule has 0 radical (unpaired) electrons. The minimum absolute atomic E-state index is 0. The third-order valence-electron chi connectivity index (χ3n) is 0. The summed E-state index contributed by atoms with van der Waals surface area (Å²) in [6.45, 7) is 5.50. The Bertz CT molecular complexity index is 3.61. The minimum atomic E-state index is 0. The number of rotatable bonds is 0. The Balaban J connectivity index is -0.0000000200. The standard InChI is InChI=1S/C3H7.CH3.Be/c1-3-2;;/h1,3H2,2H3;1H3;/q2*-1;+2. The van der Waals surface area contributed by atoms with Crippen molar-refractivity contribution in [3.63, 3.8) is 0 Å². The van der Waals surface area contributed by atoms with E-state index in [-0.39, 0.29) is 17.5 Å². The third kappa shape index (κ3) is 688. The molecular weight excluding hydrogens is 57.1 g/mol. The second kappa shape index (κ2) is 30.6. The minimum Gasteiger partial charge on any atom is -0.358 e. The van der Waals surface area contributed by atoms with Crippen LogP contribution in [0, 0.1) is 14.4 Å². The molecule has 0 saturated carbocycles. The van der Waals surface area contributed by atoms with E-state index in [1.165, 1.54) is 0 Å². The van der Waals surface area contributed by atoms with Crippen LogP contribution in [0.1, 0.15) is 13.3 Å². The zero-order valence-corrected chi connectivity index (χ0v) is 4.12. The van der Waals surface area contributed by atoms with Crippen molar-refractivity contribution in [2.45, 2.75) is 13.3 Å². The molecule has 0 rings (SSSR count). The van der Waals surface area contributed by atoms with Crippen LogP contribution in [-0.2, 0) is 0 Å². The molecule has 0 aliphatic carbocycles. The predicted molar refractivity (Wildman–Crippen MR) is 27.8 cm³/mol. The fraction of sp³-hybridized carbons (Fsp3) is 0.500. The van der Waals surface area contributed by atoms with Crippen LogP contribution in [0.4, 0.5) is 0 Å². The van der Waals surface area contributed by atoms with Gasteiger partial charge >= 0.3 is 10.1 Å². The maximum absolute atomic E-state index is 3.49. The van der Waals surface area contributed by atoms with Crippen molar-refractivity contribution >= 4 is 10.1 Å². The van der Waals surface area contributed by atoms with Crippen molar-refractivity contribution in [1.82, 2.24) is 0 Å². The average molecular weight is 67.1 g/mol. The fourth-order valence-corrected chi connectivity index (χ4v) is 0. The largest absolute Gasteiger partial charge is 2.00 e. The molecule has 1 heteroatoms. The molecule has 0 aromatic carbocycles. The summed E-state index contributed by atoms with van der Waals surface area (Å²) in [5.74, 6) is 0. The first-order valence-electron chi connectivity index (χ1n) is 1.21. The van der Waals surface area contributed by atoms with Gasteiger partial charge in [-0.25, -0.2) is 0 Å². The molecule has 0 aromatic heterocycles. The monoisotopic (exact) mass is 67.1 g/mol. The first-order chi connectivity index (χ1) is 1.41. The van der Waals surface area contributed by atoms with Gasteiger partial charge in [0.1, 0.15) is 0 Å². The van der Waals surface area contributed by atoms with E-state index >= 15 is 0 Å². The molecule has 0 atom stereocenters. The fourth-order valence-electron chi connectivity index (χ4n) is 0.